The molecule has 1 saturated heterocycles. The van der Waals surface area contributed by atoms with Crippen molar-refractivity contribution in [1.82, 2.24) is 0 Å². The van der Waals surface area contributed by atoms with Crippen LogP contribution in [0.5, 0.6) is 0 Å². The third-order valence-corrected chi connectivity index (χ3v) is 11.3. The first-order chi connectivity index (χ1) is 16.4. The van der Waals surface area contributed by atoms with Crippen LogP contribution in [0.3, 0.4) is 0 Å². The normalized spacial score (nSPS) is 52.9. The molecule has 0 aromatic rings. The van der Waals surface area contributed by atoms with Crippen molar-refractivity contribution in [2.45, 2.75) is 83.4 Å². The third kappa shape index (κ3) is 2.65. The molecule has 10 unspecified atom stereocenters. The van der Waals surface area contributed by atoms with Crippen molar-refractivity contribution in [2.24, 2.45) is 34.5 Å². The van der Waals surface area contributed by atoms with Crippen LogP contribution in [-0.2, 0) is 19.1 Å². The van der Waals surface area contributed by atoms with E-state index in [1.54, 1.807) is 19.1 Å². The van der Waals surface area contributed by atoms with E-state index in [2.05, 4.69) is 0 Å². The Morgan fingerprint density at radius 1 is 1.09 bits per heavy atom. The third-order valence-electron chi connectivity index (χ3n) is 11.3. The second kappa shape index (κ2) is 7.15. The highest BCUT2D eigenvalue weighted by molar-refractivity contribution is 5.99. The van der Waals surface area contributed by atoms with Crippen LogP contribution in [-0.4, -0.2) is 57.3 Å². The number of allylic oxidation sites excluding steroid dienone is 3. The number of carbonyl (C=O) groups is 2. The van der Waals surface area contributed by atoms with Crippen LogP contribution in [0.2, 0.25) is 0 Å². The van der Waals surface area contributed by atoms with Crippen molar-refractivity contribution in [3.63, 3.8) is 0 Å². The first kappa shape index (κ1) is 23.6. The molecule has 4 fully saturated rings. The van der Waals surface area contributed by atoms with Gasteiger partial charge >= 0.3 is 5.97 Å². The lowest BCUT2D eigenvalue weighted by Crippen LogP contribution is -2.75. The quantitative estimate of drug-likeness (QED) is 0.490. The molecule has 3 saturated carbocycles. The van der Waals surface area contributed by atoms with Crippen molar-refractivity contribution in [3.8, 4) is 0 Å². The zero-order valence-corrected chi connectivity index (χ0v) is 20.9. The van der Waals surface area contributed by atoms with Crippen LogP contribution in [0.15, 0.2) is 34.9 Å². The van der Waals surface area contributed by atoms with E-state index in [-0.39, 0.29) is 42.5 Å². The van der Waals surface area contributed by atoms with Crippen LogP contribution in [0.1, 0.15) is 59.8 Å². The van der Waals surface area contributed by atoms with Gasteiger partial charge in [-0.2, -0.15) is 0 Å². The number of aliphatic hydroxyl groups is 3. The lowest BCUT2D eigenvalue weighted by Gasteiger charge is -2.67. The Morgan fingerprint density at radius 2 is 1.83 bits per heavy atom. The maximum absolute atomic E-state index is 13.2. The summed E-state index contributed by atoms with van der Waals surface area (Å²) in [4.78, 5) is 25.7. The van der Waals surface area contributed by atoms with Gasteiger partial charge in [-0.1, -0.05) is 24.6 Å². The van der Waals surface area contributed by atoms with Crippen LogP contribution >= 0.6 is 0 Å². The van der Waals surface area contributed by atoms with Gasteiger partial charge in [0.15, 0.2) is 11.6 Å². The number of ether oxygens (including phenoxy) is 2. The van der Waals surface area contributed by atoms with E-state index in [0.717, 1.165) is 5.57 Å². The van der Waals surface area contributed by atoms with Crippen molar-refractivity contribution in [3.05, 3.63) is 34.9 Å². The molecule has 190 valence electrons. The first-order valence-corrected chi connectivity index (χ1v) is 13.0. The predicted octanol–water partition coefficient (Wildman–Crippen LogP) is 2.59. The molecule has 0 aromatic heterocycles. The van der Waals surface area contributed by atoms with Gasteiger partial charge in [-0.3, -0.25) is 4.79 Å². The Kier molecular flexibility index (Phi) is 4.82. The number of carbonyl (C=O) groups excluding carboxylic acids is 2. The van der Waals surface area contributed by atoms with Gasteiger partial charge in [0.1, 0.15) is 6.10 Å². The van der Waals surface area contributed by atoms with Gasteiger partial charge in [0, 0.05) is 24.3 Å². The Labute approximate surface area is 205 Å². The molecule has 4 aliphatic carbocycles. The van der Waals surface area contributed by atoms with Crippen LogP contribution in [0.4, 0.5) is 0 Å². The molecule has 2 heterocycles. The van der Waals surface area contributed by atoms with Gasteiger partial charge in [-0.25, -0.2) is 4.79 Å². The topological polar surface area (TPSA) is 113 Å². The maximum atomic E-state index is 13.2. The molecule has 35 heavy (non-hydrogen) atoms. The van der Waals surface area contributed by atoms with Crippen molar-refractivity contribution in [2.75, 3.05) is 6.61 Å². The molecule has 3 N–H and O–H groups in total. The minimum absolute atomic E-state index is 0.0513. The molecule has 0 amide bonds. The molecule has 7 nitrogen and oxygen atoms in total. The Hall–Kier alpha value is -1.80. The second-order valence-electron chi connectivity index (χ2n) is 12.3. The Bertz CT molecular complexity index is 1100. The van der Waals surface area contributed by atoms with E-state index in [0.29, 0.717) is 36.8 Å². The molecule has 0 aromatic carbocycles. The average molecular weight is 485 g/mol. The fraction of sp³-hybridized carbons (Fsp3) is 0.714. The van der Waals surface area contributed by atoms with Gasteiger partial charge in [0.2, 0.25) is 0 Å². The van der Waals surface area contributed by atoms with E-state index in [1.165, 1.54) is 0 Å². The number of esters is 1. The summed E-state index contributed by atoms with van der Waals surface area (Å²) in [5, 5.41) is 35.7. The Balaban J connectivity index is 1.41. The summed E-state index contributed by atoms with van der Waals surface area (Å²) in [6.07, 6.45) is 6.18. The van der Waals surface area contributed by atoms with Gasteiger partial charge in [0.05, 0.1) is 29.1 Å². The minimum atomic E-state index is -1.63. The van der Waals surface area contributed by atoms with Gasteiger partial charge in [-0.05, 0) is 69.4 Å². The summed E-state index contributed by atoms with van der Waals surface area (Å²) < 4.78 is 12.1. The number of aliphatic hydroxyl groups excluding tert-OH is 1. The number of cyclic esters (lactones) is 1. The summed E-state index contributed by atoms with van der Waals surface area (Å²) in [6, 6.07) is 0. The van der Waals surface area contributed by atoms with Crippen LogP contribution in [0, 0.1) is 34.5 Å². The fourth-order valence-electron chi connectivity index (χ4n) is 9.06. The van der Waals surface area contributed by atoms with E-state index < -0.39 is 40.3 Å². The number of ketones is 1. The highest BCUT2D eigenvalue weighted by Crippen LogP contribution is 2.73. The lowest BCUT2D eigenvalue weighted by molar-refractivity contribution is -0.396. The number of hydrogen-bond acceptors (Lipinski definition) is 7. The van der Waals surface area contributed by atoms with Gasteiger partial charge in [-0.15, -0.1) is 0 Å². The lowest BCUT2D eigenvalue weighted by atomic mass is 9.43. The van der Waals surface area contributed by atoms with E-state index in [9.17, 15) is 24.9 Å². The smallest absolute Gasteiger partial charge is 0.333 e. The maximum Gasteiger partial charge on any atom is 0.333 e. The summed E-state index contributed by atoms with van der Waals surface area (Å²) in [6.45, 7) is 7.55. The summed E-state index contributed by atoms with van der Waals surface area (Å²) in [5.41, 5.74) is -0.960. The number of hydrogen-bond donors (Lipinski definition) is 3. The van der Waals surface area contributed by atoms with Gasteiger partial charge < -0.3 is 24.8 Å². The number of rotatable bonds is 1. The summed E-state index contributed by atoms with van der Waals surface area (Å²) in [5.74, 6) is -2.93. The highest BCUT2D eigenvalue weighted by Gasteiger charge is 2.78. The molecular weight excluding hydrogens is 448 g/mol. The minimum Gasteiger partial charge on any atom is -0.458 e. The highest BCUT2D eigenvalue weighted by atomic mass is 16.6. The molecule has 6 rings (SSSR count). The molecule has 0 spiro atoms. The van der Waals surface area contributed by atoms with Gasteiger partial charge in [0.25, 0.3) is 0 Å². The molecule has 7 heteroatoms. The van der Waals surface area contributed by atoms with E-state index in [4.69, 9.17) is 9.47 Å². The monoisotopic (exact) mass is 484 g/mol. The van der Waals surface area contributed by atoms with Crippen LogP contribution < -0.4 is 0 Å². The predicted molar refractivity (Wildman–Crippen MR) is 126 cm³/mol. The Morgan fingerprint density at radius 3 is 2.54 bits per heavy atom. The average Bonchev–Trinajstić information content (AvgIpc) is 3.08. The first-order valence-electron chi connectivity index (χ1n) is 13.0. The van der Waals surface area contributed by atoms with E-state index >= 15 is 0 Å². The molecule has 6 aliphatic rings. The molecule has 0 radical (unpaired) electrons. The zero-order chi connectivity index (χ0) is 25.1. The molecule has 0 bridgehead atoms. The fourth-order valence-corrected chi connectivity index (χ4v) is 9.06. The number of fused-ring (bicyclic) bond motifs is 4. The second-order valence-corrected chi connectivity index (χ2v) is 12.3. The summed E-state index contributed by atoms with van der Waals surface area (Å²) in [7, 11) is 0. The largest absolute Gasteiger partial charge is 0.458 e. The molecule has 10 atom stereocenters. The van der Waals surface area contributed by atoms with E-state index in [1.807, 2.05) is 26.8 Å². The van der Waals surface area contributed by atoms with Crippen molar-refractivity contribution in [1.29, 1.82) is 0 Å². The zero-order valence-electron chi connectivity index (χ0n) is 20.9. The van der Waals surface area contributed by atoms with Crippen LogP contribution in [0.25, 0.3) is 0 Å². The SMILES string of the molecule is CC1=C(C)C(=O)OC(C2COC3(O)CC4C(CC(O)C5=CC=CC(=O)C54C)C4CCC2(O)C43C)C1. The van der Waals surface area contributed by atoms with Crippen molar-refractivity contribution < 1.29 is 34.4 Å². The summed E-state index contributed by atoms with van der Waals surface area (Å²) >= 11 is 0. The molecular formula is C28H36O7. The standard InChI is InChI=1S/C28H36O7/c1-14-10-22(35-24(31)15(14)2)20-13-34-28(33)12-19-16(17-8-9-27(20,32)26(17,28)4)11-21(29)18-6-5-7-23(30)25(18,19)3/h5-7,16-17,19-22,29,32-33H,8-13H2,1-4H3. The van der Waals surface area contributed by atoms with Crippen molar-refractivity contribution >= 4 is 11.8 Å². The molecule has 2 aliphatic heterocycles.